The molecule has 0 aromatic rings. The van der Waals surface area contributed by atoms with Crippen molar-refractivity contribution in [1.82, 2.24) is 5.32 Å². The zero-order valence-corrected chi connectivity index (χ0v) is 17.5. The van der Waals surface area contributed by atoms with Crippen LogP contribution >= 0.6 is 0 Å². The van der Waals surface area contributed by atoms with Crippen molar-refractivity contribution < 1.29 is 24.9 Å². The molecule has 0 bridgehead atoms. The smallest absolute Gasteiger partial charge is 0.251 e. The molecule has 1 amide bonds. The fraction of sp³-hybridized carbons (Fsp3) is 0.739. The molecule has 0 spiro atoms. The first-order valence-electron chi connectivity index (χ1n) is 10.9. The number of carbonyl (C=O) groups excluding carboxylic acids is 2. The van der Waals surface area contributed by atoms with Crippen molar-refractivity contribution in [1.29, 1.82) is 0 Å². The molecular weight excluding hydrogens is 370 g/mol. The third-order valence-electron chi connectivity index (χ3n) is 8.76. The Kier molecular flexibility index (Phi) is 4.84. The molecular formula is C23H33NO5. The Morgan fingerprint density at radius 3 is 2.76 bits per heavy atom. The minimum absolute atomic E-state index is 0.00589. The van der Waals surface area contributed by atoms with E-state index in [-0.39, 0.29) is 29.0 Å². The van der Waals surface area contributed by atoms with Gasteiger partial charge in [0, 0.05) is 23.3 Å². The van der Waals surface area contributed by atoms with Gasteiger partial charge in [0.1, 0.15) is 5.60 Å². The predicted octanol–water partition coefficient (Wildman–Crippen LogP) is 1.49. The third kappa shape index (κ3) is 2.72. The topological polar surface area (TPSA) is 107 Å². The Bertz CT molecular complexity index is 790. The number of hydrogen-bond acceptors (Lipinski definition) is 5. The lowest BCUT2D eigenvalue weighted by molar-refractivity contribution is -0.200. The summed E-state index contributed by atoms with van der Waals surface area (Å²) >= 11 is 0. The highest BCUT2D eigenvalue weighted by molar-refractivity contribution is 6.01. The molecule has 0 aromatic carbocycles. The first kappa shape index (κ1) is 20.8. The summed E-state index contributed by atoms with van der Waals surface area (Å²) in [6, 6.07) is 0. The monoisotopic (exact) mass is 403 g/mol. The van der Waals surface area contributed by atoms with Crippen LogP contribution in [-0.2, 0) is 9.59 Å². The zero-order valence-electron chi connectivity index (χ0n) is 17.5. The molecule has 4 N–H and O–H groups in total. The number of fused-ring (bicyclic) bond motifs is 5. The van der Waals surface area contributed by atoms with Gasteiger partial charge >= 0.3 is 0 Å². The highest BCUT2D eigenvalue weighted by atomic mass is 16.4. The van der Waals surface area contributed by atoms with Crippen LogP contribution in [0.25, 0.3) is 0 Å². The Hall–Kier alpha value is -1.50. The van der Waals surface area contributed by atoms with Gasteiger partial charge in [0.2, 0.25) is 0 Å². The number of aliphatic hydroxyl groups is 3. The summed E-state index contributed by atoms with van der Waals surface area (Å²) in [4.78, 5) is 24.2. The summed E-state index contributed by atoms with van der Waals surface area (Å²) in [5.41, 5.74) is -1.58. The second-order valence-corrected chi connectivity index (χ2v) is 9.97. The van der Waals surface area contributed by atoms with Crippen LogP contribution in [0.1, 0.15) is 52.9 Å². The van der Waals surface area contributed by atoms with Crippen LogP contribution < -0.4 is 5.32 Å². The molecule has 6 heteroatoms. The SMILES string of the molecule is CCNC(=O)C(O)C1(O)CCC2[C@@H]3CCC4=CC(=O)C=C[C@]4(C)C3C(O)C[C@@]21C. The highest BCUT2D eigenvalue weighted by Crippen LogP contribution is 2.67. The Morgan fingerprint density at radius 1 is 1.34 bits per heavy atom. The predicted molar refractivity (Wildman–Crippen MR) is 108 cm³/mol. The molecule has 0 heterocycles. The van der Waals surface area contributed by atoms with Gasteiger partial charge in [-0.1, -0.05) is 25.5 Å². The van der Waals surface area contributed by atoms with Gasteiger partial charge in [0.05, 0.1) is 6.10 Å². The van der Waals surface area contributed by atoms with E-state index in [4.69, 9.17) is 0 Å². The Morgan fingerprint density at radius 2 is 2.07 bits per heavy atom. The lowest BCUT2D eigenvalue weighted by Gasteiger charge is -2.60. The number of nitrogens with one attached hydrogen (secondary N) is 1. The van der Waals surface area contributed by atoms with E-state index >= 15 is 0 Å². The number of hydrogen-bond donors (Lipinski definition) is 4. The van der Waals surface area contributed by atoms with Crippen molar-refractivity contribution >= 4 is 11.7 Å². The van der Waals surface area contributed by atoms with Gasteiger partial charge in [-0.05, 0) is 63.0 Å². The summed E-state index contributed by atoms with van der Waals surface area (Å²) in [7, 11) is 0. The van der Waals surface area contributed by atoms with Crippen molar-refractivity contribution in [2.24, 2.45) is 28.6 Å². The van der Waals surface area contributed by atoms with Crippen LogP contribution in [0, 0.1) is 28.6 Å². The molecule has 5 unspecified atom stereocenters. The van der Waals surface area contributed by atoms with Crippen molar-refractivity contribution in [3.05, 3.63) is 23.8 Å². The van der Waals surface area contributed by atoms with E-state index in [2.05, 4.69) is 12.2 Å². The number of amides is 1. The molecule has 0 saturated heterocycles. The maximum atomic E-state index is 12.4. The van der Waals surface area contributed by atoms with Crippen LogP contribution in [-0.4, -0.2) is 51.4 Å². The molecule has 6 nitrogen and oxygen atoms in total. The molecule has 0 aromatic heterocycles. The number of likely N-dealkylation sites (N-methyl/N-ethyl adjacent to an activating group) is 1. The summed E-state index contributed by atoms with van der Waals surface area (Å²) < 4.78 is 0. The molecule has 3 fully saturated rings. The summed E-state index contributed by atoms with van der Waals surface area (Å²) in [6.07, 6.45) is 6.13. The highest BCUT2D eigenvalue weighted by Gasteiger charge is 2.68. The van der Waals surface area contributed by atoms with Crippen molar-refractivity contribution in [2.45, 2.75) is 70.7 Å². The molecule has 3 saturated carbocycles. The summed E-state index contributed by atoms with van der Waals surface area (Å²) in [5, 5.41) is 36.2. The number of rotatable bonds is 3. The minimum atomic E-state index is -1.56. The van der Waals surface area contributed by atoms with Gasteiger partial charge in [-0.15, -0.1) is 0 Å². The van der Waals surface area contributed by atoms with Gasteiger partial charge in [0.15, 0.2) is 11.9 Å². The second kappa shape index (κ2) is 6.76. The molecule has 160 valence electrons. The average Bonchev–Trinajstić information content (AvgIpc) is 2.93. The van der Waals surface area contributed by atoms with Crippen molar-refractivity contribution in [3.8, 4) is 0 Å². The lowest BCUT2D eigenvalue weighted by atomic mass is 9.46. The fourth-order valence-corrected chi connectivity index (χ4v) is 7.30. The number of carbonyl (C=O) groups is 2. The Balaban J connectivity index is 1.69. The normalized spacial score (nSPS) is 47.0. The maximum absolute atomic E-state index is 12.4. The van der Waals surface area contributed by atoms with Gasteiger partial charge in [-0.25, -0.2) is 0 Å². The van der Waals surface area contributed by atoms with Gasteiger partial charge in [0.25, 0.3) is 5.91 Å². The molecule has 4 aliphatic rings. The minimum Gasteiger partial charge on any atom is -0.393 e. The van der Waals surface area contributed by atoms with E-state index in [9.17, 15) is 24.9 Å². The van der Waals surface area contributed by atoms with E-state index in [1.54, 1.807) is 19.1 Å². The molecule has 4 rings (SSSR count). The molecule has 8 atom stereocenters. The number of aliphatic hydroxyl groups excluding tert-OH is 2. The maximum Gasteiger partial charge on any atom is 0.251 e. The largest absolute Gasteiger partial charge is 0.393 e. The number of allylic oxidation sites excluding steroid dienone is 4. The van der Waals surface area contributed by atoms with Gasteiger partial charge in [-0.3, -0.25) is 9.59 Å². The molecule has 0 aliphatic heterocycles. The molecule has 4 aliphatic carbocycles. The van der Waals surface area contributed by atoms with Crippen LogP contribution in [0.2, 0.25) is 0 Å². The van der Waals surface area contributed by atoms with Crippen molar-refractivity contribution in [2.75, 3.05) is 6.54 Å². The van der Waals surface area contributed by atoms with E-state index in [0.29, 0.717) is 19.4 Å². The van der Waals surface area contributed by atoms with E-state index in [1.807, 2.05) is 13.0 Å². The van der Waals surface area contributed by atoms with Crippen molar-refractivity contribution in [3.63, 3.8) is 0 Å². The van der Waals surface area contributed by atoms with Crippen LogP contribution in [0.4, 0.5) is 0 Å². The zero-order chi connectivity index (χ0) is 21.2. The quantitative estimate of drug-likeness (QED) is 0.571. The third-order valence-corrected chi connectivity index (χ3v) is 8.76. The van der Waals surface area contributed by atoms with Crippen LogP contribution in [0.3, 0.4) is 0 Å². The average molecular weight is 404 g/mol. The van der Waals surface area contributed by atoms with Crippen LogP contribution in [0.15, 0.2) is 23.8 Å². The van der Waals surface area contributed by atoms with Gasteiger partial charge in [-0.2, -0.15) is 0 Å². The standard InChI is InChI=1S/C23H33NO5/c1-4-24-20(28)19(27)23(29)10-8-16-15-6-5-13-11-14(25)7-9-21(13,2)18(15)17(26)12-22(16,23)3/h7,9,11,15-19,26-27,29H,4-6,8,10,12H2,1-3H3,(H,24,28)/t15-,16?,17?,18?,19?,21-,22-,23?/m0/s1. The second-order valence-electron chi connectivity index (χ2n) is 9.97. The van der Waals surface area contributed by atoms with E-state index in [0.717, 1.165) is 24.8 Å². The van der Waals surface area contributed by atoms with Gasteiger partial charge < -0.3 is 20.6 Å². The fourth-order valence-electron chi connectivity index (χ4n) is 7.30. The summed E-state index contributed by atoms with van der Waals surface area (Å²) in [6.45, 7) is 6.20. The first-order valence-corrected chi connectivity index (χ1v) is 10.9. The lowest BCUT2D eigenvalue weighted by Crippen LogP contribution is -2.64. The summed E-state index contributed by atoms with van der Waals surface area (Å²) in [5.74, 6) is -0.308. The Labute approximate surface area is 172 Å². The molecule has 0 radical (unpaired) electrons. The first-order chi connectivity index (χ1) is 13.6. The van der Waals surface area contributed by atoms with Crippen LogP contribution in [0.5, 0.6) is 0 Å². The number of ketones is 1. The van der Waals surface area contributed by atoms with E-state index < -0.39 is 29.1 Å². The van der Waals surface area contributed by atoms with E-state index in [1.165, 1.54) is 0 Å². The molecule has 29 heavy (non-hydrogen) atoms.